The number of amides is 1. The molecule has 1 aliphatic heterocycles. The number of pyridine rings is 1. The Kier molecular flexibility index (Phi) is 5.05. The van der Waals surface area contributed by atoms with Gasteiger partial charge in [-0.15, -0.1) is 0 Å². The lowest BCUT2D eigenvalue weighted by molar-refractivity contribution is -0.132. The SMILES string of the molecule is CC[C@H](C(=O)N1CC[C@@H](Oc2cccc3cccnc23)C1)c1ccccc1. The number of ether oxygens (including phenoxy) is 1. The molecule has 2 heterocycles. The zero-order chi connectivity index (χ0) is 18.6. The van der Waals surface area contributed by atoms with Crippen LogP contribution in [0.4, 0.5) is 0 Å². The van der Waals surface area contributed by atoms with E-state index in [0.717, 1.165) is 41.6 Å². The summed E-state index contributed by atoms with van der Waals surface area (Å²) in [4.78, 5) is 19.4. The van der Waals surface area contributed by atoms with Crippen LogP contribution >= 0.6 is 0 Å². The Balaban J connectivity index is 1.46. The van der Waals surface area contributed by atoms with Gasteiger partial charge < -0.3 is 9.64 Å². The van der Waals surface area contributed by atoms with E-state index in [1.807, 2.05) is 65.6 Å². The quantitative estimate of drug-likeness (QED) is 0.677. The Hall–Kier alpha value is -2.88. The lowest BCUT2D eigenvalue weighted by Gasteiger charge is -2.23. The largest absolute Gasteiger partial charge is 0.486 e. The number of hydrogen-bond acceptors (Lipinski definition) is 3. The molecule has 27 heavy (non-hydrogen) atoms. The van der Waals surface area contributed by atoms with Gasteiger partial charge in [0.2, 0.25) is 5.91 Å². The van der Waals surface area contributed by atoms with Crippen molar-refractivity contribution in [2.75, 3.05) is 13.1 Å². The van der Waals surface area contributed by atoms with Crippen molar-refractivity contribution < 1.29 is 9.53 Å². The van der Waals surface area contributed by atoms with Crippen LogP contribution in [0.5, 0.6) is 5.75 Å². The fraction of sp³-hybridized carbons (Fsp3) is 0.304. The minimum absolute atomic E-state index is 0.00911. The maximum Gasteiger partial charge on any atom is 0.230 e. The molecule has 4 heteroatoms. The zero-order valence-corrected chi connectivity index (χ0v) is 15.5. The average Bonchev–Trinajstić information content (AvgIpc) is 3.18. The highest BCUT2D eigenvalue weighted by Gasteiger charge is 2.32. The molecular weight excluding hydrogens is 336 g/mol. The maximum absolute atomic E-state index is 13.0. The lowest BCUT2D eigenvalue weighted by Crippen LogP contribution is -2.34. The first kappa shape index (κ1) is 17.5. The summed E-state index contributed by atoms with van der Waals surface area (Å²) >= 11 is 0. The molecule has 1 fully saturated rings. The van der Waals surface area contributed by atoms with Gasteiger partial charge >= 0.3 is 0 Å². The van der Waals surface area contributed by atoms with E-state index < -0.39 is 0 Å². The topological polar surface area (TPSA) is 42.4 Å². The molecule has 4 rings (SSSR count). The smallest absolute Gasteiger partial charge is 0.230 e. The van der Waals surface area contributed by atoms with Crippen LogP contribution in [0.25, 0.3) is 10.9 Å². The Labute approximate surface area is 159 Å². The van der Waals surface area contributed by atoms with E-state index in [9.17, 15) is 4.79 Å². The third kappa shape index (κ3) is 3.65. The maximum atomic E-state index is 13.0. The summed E-state index contributed by atoms with van der Waals surface area (Å²) < 4.78 is 6.23. The molecule has 0 saturated carbocycles. The highest BCUT2D eigenvalue weighted by Crippen LogP contribution is 2.28. The van der Waals surface area contributed by atoms with Gasteiger partial charge in [0.1, 0.15) is 17.4 Å². The molecular formula is C23H24N2O2. The van der Waals surface area contributed by atoms with E-state index in [1.165, 1.54) is 0 Å². The second kappa shape index (κ2) is 7.78. The van der Waals surface area contributed by atoms with Crippen LogP contribution in [0.3, 0.4) is 0 Å². The van der Waals surface area contributed by atoms with Crippen LogP contribution in [0.1, 0.15) is 31.2 Å². The van der Waals surface area contributed by atoms with E-state index in [2.05, 4.69) is 11.9 Å². The summed E-state index contributed by atoms with van der Waals surface area (Å²) in [5.41, 5.74) is 1.97. The molecule has 1 amide bonds. The normalized spacial score (nSPS) is 17.8. The summed E-state index contributed by atoms with van der Waals surface area (Å²) in [6, 6.07) is 20.0. The average molecular weight is 360 g/mol. The van der Waals surface area contributed by atoms with Crippen LogP contribution in [0, 0.1) is 0 Å². The number of likely N-dealkylation sites (tertiary alicyclic amines) is 1. The van der Waals surface area contributed by atoms with Crippen molar-refractivity contribution in [2.45, 2.75) is 31.8 Å². The molecule has 2 atom stereocenters. The van der Waals surface area contributed by atoms with Gasteiger partial charge in [-0.25, -0.2) is 0 Å². The molecule has 138 valence electrons. The van der Waals surface area contributed by atoms with Gasteiger partial charge in [-0.05, 0) is 24.1 Å². The van der Waals surface area contributed by atoms with Crippen molar-refractivity contribution in [3.63, 3.8) is 0 Å². The van der Waals surface area contributed by atoms with Crippen molar-refractivity contribution >= 4 is 16.8 Å². The van der Waals surface area contributed by atoms with Crippen molar-refractivity contribution in [3.8, 4) is 5.75 Å². The monoisotopic (exact) mass is 360 g/mol. The first-order valence-corrected chi connectivity index (χ1v) is 9.60. The van der Waals surface area contributed by atoms with E-state index in [-0.39, 0.29) is 17.9 Å². The Morgan fingerprint density at radius 3 is 2.78 bits per heavy atom. The predicted molar refractivity (Wildman–Crippen MR) is 107 cm³/mol. The van der Waals surface area contributed by atoms with Crippen molar-refractivity contribution in [1.82, 2.24) is 9.88 Å². The van der Waals surface area contributed by atoms with Crippen LogP contribution in [-0.4, -0.2) is 35.0 Å². The number of rotatable bonds is 5. The lowest BCUT2D eigenvalue weighted by atomic mass is 9.95. The van der Waals surface area contributed by atoms with Gasteiger partial charge in [-0.1, -0.05) is 55.5 Å². The van der Waals surface area contributed by atoms with E-state index in [0.29, 0.717) is 6.54 Å². The van der Waals surface area contributed by atoms with Gasteiger partial charge in [-0.2, -0.15) is 0 Å². The highest BCUT2D eigenvalue weighted by atomic mass is 16.5. The Bertz CT molecular complexity index is 921. The summed E-state index contributed by atoms with van der Waals surface area (Å²) in [6.45, 7) is 3.44. The van der Waals surface area contributed by atoms with Gasteiger partial charge in [-0.3, -0.25) is 9.78 Å². The van der Waals surface area contributed by atoms with E-state index in [1.54, 1.807) is 6.20 Å². The van der Waals surface area contributed by atoms with E-state index in [4.69, 9.17) is 4.74 Å². The number of para-hydroxylation sites is 1. The summed E-state index contributed by atoms with van der Waals surface area (Å²) in [7, 11) is 0. The fourth-order valence-electron chi connectivity index (χ4n) is 3.83. The molecule has 0 aliphatic carbocycles. The first-order valence-electron chi connectivity index (χ1n) is 9.60. The predicted octanol–water partition coefficient (Wildman–Crippen LogP) is 4.41. The molecule has 2 aromatic carbocycles. The number of hydrogen-bond donors (Lipinski definition) is 0. The molecule has 1 aliphatic rings. The highest BCUT2D eigenvalue weighted by molar-refractivity contribution is 5.85. The van der Waals surface area contributed by atoms with Gasteiger partial charge in [0.05, 0.1) is 12.5 Å². The van der Waals surface area contributed by atoms with Crippen molar-refractivity contribution in [2.24, 2.45) is 0 Å². The molecule has 3 aromatic rings. The first-order chi connectivity index (χ1) is 13.3. The third-order valence-corrected chi connectivity index (χ3v) is 5.25. The van der Waals surface area contributed by atoms with Crippen LogP contribution < -0.4 is 4.74 Å². The Morgan fingerprint density at radius 2 is 1.96 bits per heavy atom. The molecule has 0 spiro atoms. The Morgan fingerprint density at radius 1 is 1.15 bits per heavy atom. The number of carbonyl (C=O) groups excluding carboxylic acids is 1. The number of nitrogens with zero attached hydrogens (tertiary/aromatic N) is 2. The summed E-state index contributed by atoms with van der Waals surface area (Å²) in [5, 5.41) is 1.07. The standard InChI is InChI=1S/C23H24N2O2/c1-2-20(17-8-4-3-5-9-17)23(26)25-15-13-19(16-25)27-21-12-6-10-18-11-7-14-24-22(18)21/h3-12,14,19-20H,2,13,15-16H2,1H3/t19-,20+/m1/s1. The van der Waals surface area contributed by atoms with Crippen LogP contribution in [-0.2, 0) is 4.79 Å². The number of aromatic nitrogens is 1. The van der Waals surface area contributed by atoms with Gasteiger partial charge in [0, 0.05) is 24.5 Å². The molecule has 0 N–H and O–H groups in total. The van der Waals surface area contributed by atoms with E-state index >= 15 is 0 Å². The second-order valence-electron chi connectivity index (χ2n) is 7.02. The van der Waals surface area contributed by atoms with Gasteiger partial charge in [0.25, 0.3) is 0 Å². The van der Waals surface area contributed by atoms with Crippen molar-refractivity contribution in [1.29, 1.82) is 0 Å². The third-order valence-electron chi connectivity index (χ3n) is 5.25. The molecule has 1 aromatic heterocycles. The molecule has 0 radical (unpaired) electrons. The molecule has 0 unspecified atom stereocenters. The molecule has 4 nitrogen and oxygen atoms in total. The second-order valence-corrected chi connectivity index (χ2v) is 7.02. The minimum Gasteiger partial charge on any atom is -0.486 e. The number of carbonyl (C=O) groups is 1. The van der Waals surface area contributed by atoms with Gasteiger partial charge in [0.15, 0.2) is 0 Å². The number of fused-ring (bicyclic) bond motifs is 1. The number of benzene rings is 2. The minimum atomic E-state index is -0.0795. The molecule has 0 bridgehead atoms. The summed E-state index contributed by atoms with van der Waals surface area (Å²) in [5.74, 6) is 0.914. The van der Waals surface area contributed by atoms with Crippen molar-refractivity contribution in [3.05, 3.63) is 72.4 Å². The fourth-order valence-corrected chi connectivity index (χ4v) is 3.83. The van der Waals surface area contributed by atoms with Crippen LogP contribution in [0.2, 0.25) is 0 Å². The summed E-state index contributed by atoms with van der Waals surface area (Å²) in [6.07, 6.45) is 3.44. The molecule has 1 saturated heterocycles. The zero-order valence-electron chi connectivity index (χ0n) is 15.5. The van der Waals surface area contributed by atoms with Crippen LogP contribution in [0.15, 0.2) is 66.9 Å².